The van der Waals surface area contributed by atoms with Crippen LogP contribution in [0, 0.1) is 17.8 Å². The van der Waals surface area contributed by atoms with Crippen molar-refractivity contribution in [1.82, 2.24) is 0 Å². The van der Waals surface area contributed by atoms with Gasteiger partial charge in [0.1, 0.15) is 23.0 Å². The molecule has 12 aromatic carbocycles. The molecule has 2 aliphatic rings. The van der Waals surface area contributed by atoms with Crippen molar-refractivity contribution in [3.8, 4) is 34.1 Å². The Hall–Kier alpha value is -8.34. The first-order chi connectivity index (χ1) is 48.2. The highest BCUT2D eigenvalue weighted by molar-refractivity contribution is 6.24. The zero-order chi connectivity index (χ0) is 74.3. The molecule has 99 heavy (non-hydrogen) atoms. The summed E-state index contributed by atoms with van der Waals surface area (Å²) >= 11 is 0. The number of fused-ring (bicyclic) bond motifs is 6. The van der Waals surface area contributed by atoms with E-state index in [1.165, 1.54) is 126 Å². The third-order valence-corrected chi connectivity index (χ3v) is 15.5. The minimum atomic E-state index is 0.350. The van der Waals surface area contributed by atoms with Crippen LogP contribution in [0.2, 0.25) is 0 Å². The highest BCUT2D eigenvalue weighted by Crippen LogP contribution is 2.39. The fraction of sp³-hybridized carbons (Fsp3) is 0.389. The molecule has 0 amide bonds. The van der Waals surface area contributed by atoms with Crippen LogP contribution >= 0.6 is 0 Å². The molecule has 0 atom stereocenters. The third kappa shape index (κ3) is 32.0. The number of hydrogen-bond donors (Lipinski definition) is 4. The van der Waals surface area contributed by atoms with Gasteiger partial charge in [-0.1, -0.05) is 429 Å². The van der Waals surface area contributed by atoms with Crippen molar-refractivity contribution in [2.45, 2.75) is 229 Å². The maximum atomic E-state index is 9.95. The van der Waals surface area contributed by atoms with E-state index in [2.05, 4.69) is 161 Å². The first kappa shape index (κ1) is 90.7. The van der Waals surface area contributed by atoms with E-state index in [4.69, 9.17) is 0 Å². The van der Waals surface area contributed by atoms with E-state index in [9.17, 15) is 20.4 Å². The maximum Gasteiger partial charge on any atom is 0.123 e. The van der Waals surface area contributed by atoms with Crippen molar-refractivity contribution >= 4 is 64.6 Å². The molecule has 0 bridgehead atoms. The van der Waals surface area contributed by atoms with Crippen LogP contribution in [0.25, 0.3) is 75.8 Å². The first-order valence-corrected chi connectivity index (χ1v) is 38.3. The molecular formula is C95H134O4. The molecule has 0 unspecified atom stereocenters. The quantitative estimate of drug-likeness (QED) is 0.102. The molecule has 4 nitrogen and oxygen atoms in total. The molecular weight excluding hydrogens is 1210 g/mol. The number of phenolic OH excluding ortho intramolecular Hbond substituents is 4. The van der Waals surface area contributed by atoms with Gasteiger partial charge in [0.05, 0.1) is 0 Å². The fourth-order valence-corrected chi connectivity index (χ4v) is 11.0. The van der Waals surface area contributed by atoms with Crippen LogP contribution < -0.4 is 0 Å². The van der Waals surface area contributed by atoms with Crippen molar-refractivity contribution in [2.24, 2.45) is 17.8 Å². The average Bonchev–Trinajstić information content (AvgIpc) is 1.41. The summed E-state index contributed by atoms with van der Waals surface area (Å²) in [7, 11) is 0. The highest BCUT2D eigenvalue weighted by atomic mass is 16.3. The summed E-state index contributed by atoms with van der Waals surface area (Å²) in [6, 6.07) is 75.6. The minimum Gasteiger partial charge on any atom is -0.507 e. The summed E-state index contributed by atoms with van der Waals surface area (Å²) in [6.07, 6.45) is 17.9. The number of benzene rings is 12. The van der Waals surface area contributed by atoms with Crippen LogP contribution in [0.4, 0.5) is 0 Å². The summed E-state index contributed by atoms with van der Waals surface area (Å²) in [5.74, 6) is 4.30. The zero-order valence-electron chi connectivity index (χ0n) is 65.7. The highest BCUT2D eigenvalue weighted by Gasteiger charge is 2.17. The molecule has 0 saturated heterocycles. The molecule has 0 aliphatic heterocycles. The lowest BCUT2D eigenvalue weighted by molar-refractivity contribution is 0.279. The van der Waals surface area contributed by atoms with Crippen molar-refractivity contribution in [3.63, 3.8) is 0 Å². The Labute approximate surface area is 604 Å². The van der Waals surface area contributed by atoms with Gasteiger partial charge in [-0.3, -0.25) is 0 Å². The van der Waals surface area contributed by atoms with Gasteiger partial charge in [0.25, 0.3) is 0 Å². The van der Waals surface area contributed by atoms with Gasteiger partial charge in [-0.2, -0.15) is 0 Å². The molecule has 538 valence electrons. The number of hydrogen-bond acceptors (Lipinski definition) is 4. The first-order valence-electron chi connectivity index (χ1n) is 38.3. The van der Waals surface area contributed by atoms with Crippen molar-refractivity contribution in [3.05, 3.63) is 242 Å². The zero-order valence-corrected chi connectivity index (χ0v) is 65.7. The van der Waals surface area contributed by atoms with Gasteiger partial charge in [0.2, 0.25) is 0 Å². The van der Waals surface area contributed by atoms with Crippen molar-refractivity contribution < 1.29 is 20.4 Å². The molecule has 4 heteroatoms. The second-order valence-corrected chi connectivity index (χ2v) is 24.1. The largest absolute Gasteiger partial charge is 0.507 e. The fourth-order valence-electron chi connectivity index (χ4n) is 11.0. The van der Waals surface area contributed by atoms with E-state index < -0.39 is 0 Å². The summed E-state index contributed by atoms with van der Waals surface area (Å²) in [6.45, 7) is 44.3. The Morgan fingerprint density at radius 2 is 0.606 bits per heavy atom. The Morgan fingerprint density at radius 3 is 0.960 bits per heavy atom. The summed E-state index contributed by atoms with van der Waals surface area (Å²) in [4.78, 5) is 0. The molecule has 12 aromatic rings. The molecule has 0 heterocycles. The molecule has 0 aromatic heterocycles. The van der Waals surface area contributed by atoms with Gasteiger partial charge in [-0.25, -0.2) is 0 Å². The van der Waals surface area contributed by atoms with Gasteiger partial charge in [0.15, 0.2) is 0 Å². The van der Waals surface area contributed by atoms with Crippen LogP contribution in [-0.4, -0.2) is 20.4 Å². The molecule has 4 N–H and O–H groups in total. The van der Waals surface area contributed by atoms with E-state index in [0.29, 0.717) is 23.0 Å². The van der Waals surface area contributed by atoms with Crippen LogP contribution in [0.3, 0.4) is 0 Å². The lowest BCUT2D eigenvalue weighted by atomic mass is 9.82. The average molecular weight is 1340 g/mol. The molecule has 14 rings (SSSR count). The topological polar surface area (TPSA) is 80.9 Å². The SMILES string of the molecule is CC.CC.CC.CC.CC.CC(C)C1CCCCC1.CCC.CCC.CCC.CCCCCC(C)C.Oc1ccc2ccc3cccc4ccc1c2c34.Oc1cccc2ccccc12.Oc1cccc2ccccc12.Oc1cccc2ccccc12.c1ccc2c(c1)Cc1ccccc1-2. The van der Waals surface area contributed by atoms with E-state index in [-0.39, 0.29) is 0 Å². The van der Waals surface area contributed by atoms with Crippen LogP contribution in [0.1, 0.15) is 234 Å². The molecule has 0 radical (unpaired) electrons. The number of aromatic hydroxyl groups is 4. The van der Waals surface area contributed by atoms with E-state index in [1.54, 1.807) is 24.3 Å². The van der Waals surface area contributed by atoms with Crippen molar-refractivity contribution in [2.75, 3.05) is 0 Å². The van der Waals surface area contributed by atoms with Gasteiger partial charge >= 0.3 is 0 Å². The normalized spacial score (nSPS) is 10.8. The van der Waals surface area contributed by atoms with E-state index >= 15 is 0 Å². The maximum absolute atomic E-state index is 9.95. The van der Waals surface area contributed by atoms with Gasteiger partial charge in [-0.15, -0.1) is 0 Å². The Kier molecular flexibility index (Phi) is 51.8. The van der Waals surface area contributed by atoms with Crippen LogP contribution in [0.15, 0.2) is 231 Å². The van der Waals surface area contributed by atoms with Crippen LogP contribution in [-0.2, 0) is 6.42 Å². The lowest BCUT2D eigenvalue weighted by Crippen LogP contribution is -2.12. The molecule has 2 aliphatic carbocycles. The smallest absolute Gasteiger partial charge is 0.123 e. The number of rotatable bonds is 5. The number of unbranched alkanes of at least 4 members (excludes halogenated alkanes) is 2. The molecule has 1 saturated carbocycles. The second-order valence-electron chi connectivity index (χ2n) is 24.1. The summed E-state index contributed by atoms with van der Waals surface area (Å²) in [5.41, 5.74) is 5.75. The Balaban J connectivity index is 0.00000110. The summed E-state index contributed by atoms with van der Waals surface area (Å²) in [5, 5.41) is 51.0. The van der Waals surface area contributed by atoms with Crippen LogP contribution in [0.5, 0.6) is 23.0 Å². The van der Waals surface area contributed by atoms with Gasteiger partial charge < -0.3 is 20.4 Å². The predicted octanol–water partition coefficient (Wildman–Crippen LogP) is 31.0. The summed E-state index contributed by atoms with van der Waals surface area (Å²) < 4.78 is 0. The monoisotopic (exact) mass is 1340 g/mol. The van der Waals surface area contributed by atoms with E-state index in [1.807, 2.05) is 191 Å². The molecule has 1 fully saturated rings. The Morgan fingerprint density at radius 1 is 0.303 bits per heavy atom. The Bertz CT molecular complexity index is 3620. The standard InChI is InChI=1S/C16H10O.C13H10.3C10H8O.C9H18.C8H18.3C3H8.5C2H6/c17-14-9-7-12-5-4-10-2-1-3-11-6-8-13(14)16(12)15(10)11;1-3-7-12-10(5-1)9-11-6-2-4-8-13(11)12;3*11-10-7-3-5-8-4-1-2-6-9(8)10;1-8(2)9-6-4-3-5-7-9;1-4-5-6-7-8(2)3;3*1-3-2;5*1-2/h1-9,17H;1-8H,9H2;3*1-7,11H;8-9H,3-7H2,1-2H3;8H,4-7H2,1-3H3;3*3H2,1-2H3;5*1-2H3. The number of phenols is 4. The second kappa shape index (κ2) is 56.5. The third-order valence-electron chi connectivity index (χ3n) is 15.5. The lowest BCUT2D eigenvalue weighted by Gasteiger charge is -2.24. The predicted molar refractivity (Wildman–Crippen MR) is 448 cm³/mol. The van der Waals surface area contributed by atoms with Crippen molar-refractivity contribution in [1.29, 1.82) is 0 Å². The van der Waals surface area contributed by atoms with E-state index in [0.717, 1.165) is 61.9 Å². The van der Waals surface area contributed by atoms with Gasteiger partial charge in [-0.05, 0) is 108 Å². The molecule has 0 spiro atoms. The van der Waals surface area contributed by atoms with Gasteiger partial charge in [0, 0.05) is 26.9 Å². The minimum absolute atomic E-state index is 0.350.